The highest BCUT2D eigenvalue weighted by atomic mass is 16.4. The van der Waals surface area contributed by atoms with Crippen molar-refractivity contribution in [1.29, 1.82) is 0 Å². The van der Waals surface area contributed by atoms with Gasteiger partial charge in [0, 0.05) is 24.9 Å². The van der Waals surface area contributed by atoms with Gasteiger partial charge in [-0.25, -0.2) is 4.79 Å². The predicted octanol–water partition coefficient (Wildman–Crippen LogP) is 1.87. The first-order chi connectivity index (χ1) is 9.78. The molecule has 0 radical (unpaired) electrons. The first-order valence-electron chi connectivity index (χ1n) is 6.45. The molecule has 20 heavy (non-hydrogen) atoms. The normalized spacial score (nSPS) is 12.7. The van der Waals surface area contributed by atoms with Crippen LogP contribution in [0.3, 0.4) is 0 Å². The molecule has 1 atom stereocenters. The molecule has 0 fully saturated rings. The summed E-state index contributed by atoms with van der Waals surface area (Å²) in [6.45, 7) is 0.796. The third kappa shape index (κ3) is 2.35. The fourth-order valence-corrected chi connectivity index (χ4v) is 2.41. The molecule has 0 saturated carbocycles. The van der Waals surface area contributed by atoms with Crippen LogP contribution in [0.4, 0.5) is 0 Å². The number of nitrogens with zero attached hydrogens (tertiary/aromatic N) is 1. The van der Waals surface area contributed by atoms with Crippen LogP contribution in [-0.4, -0.2) is 23.6 Å². The molecule has 5 heteroatoms. The Bertz CT molecular complexity index is 761. The molecular weight excluding hydrogens is 254 g/mol. The van der Waals surface area contributed by atoms with Crippen molar-refractivity contribution in [2.45, 2.75) is 5.92 Å². The Morgan fingerprint density at radius 1 is 1.25 bits per heavy atom. The largest absolute Gasteiger partial charge is 0.417 e. The van der Waals surface area contributed by atoms with Crippen LogP contribution in [-0.2, 0) is 0 Å². The van der Waals surface area contributed by atoms with Gasteiger partial charge in [0.15, 0.2) is 5.58 Å². The Balaban J connectivity index is 2.07. The topological polar surface area (TPSA) is 70.9 Å². The number of aromatic nitrogens is 2. The zero-order chi connectivity index (χ0) is 13.9. The van der Waals surface area contributed by atoms with E-state index in [4.69, 9.17) is 4.42 Å². The molecule has 3 aromatic rings. The van der Waals surface area contributed by atoms with Crippen LogP contribution >= 0.6 is 0 Å². The van der Waals surface area contributed by atoms with Gasteiger partial charge in [0.25, 0.3) is 0 Å². The Kier molecular flexibility index (Phi) is 3.35. The van der Waals surface area contributed by atoms with Gasteiger partial charge in [-0.1, -0.05) is 6.07 Å². The van der Waals surface area contributed by atoms with E-state index in [0.717, 1.165) is 17.6 Å². The molecule has 1 unspecified atom stereocenters. The van der Waals surface area contributed by atoms with Gasteiger partial charge in [0.05, 0.1) is 5.52 Å². The predicted molar refractivity (Wildman–Crippen MR) is 76.8 cm³/mol. The molecule has 0 aliphatic heterocycles. The lowest BCUT2D eigenvalue weighted by molar-refractivity contribution is 0.554. The van der Waals surface area contributed by atoms with Crippen LogP contribution in [0.15, 0.2) is 51.9 Å². The van der Waals surface area contributed by atoms with E-state index in [1.165, 1.54) is 5.56 Å². The van der Waals surface area contributed by atoms with E-state index < -0.39 is 5.76 Å². The van der Waals surface area contributed by atoms with Gasteiger partial charge < -0.3 is 9.73 Å². The summed E-state index contributed by atoms with van der Waals surface area (Å²) in [5.74, 6) is -0.237. The van der Waals surface area contributed by atoms with Crippen molar-refractivity contribution in [2.75, 3.05) is 13.6 Å². The third-order valence-electron chi connectivity index (χ3n) is 3.36. The van der Waals surface area contributed by atoms with E-state index in [9.17, 15) is 4.79 Å². The van der Waals surface area contributed by atoms with E-state index in [1.807, 2.05) is 37.4 Å². The minimum Gasteiger partial charge on any atom is -0.408 e. The lowest BCUT2D eigenvalue weighted by Crippen LogP contribution is -2.18. The minimum absolute atomic E-state index is 0.188. The Labute approximate surface area is 115 Å². The zero-order valence-corrected chi connectivity index (χ0v) is 11.1. The number of rotatable bonds is 4. The summed E-state index contributed by atoms with van der Waals surface area (Å²) < 4.78 is 5.13. The molecule has 0 bridgehead atoms. The molecule has 0 aliphatic rings. The van der Waals surface area contributed by atoms with Crippen LogP contribution in [0.1, 0.15) is 17.0 Å². The average molecular weight is 269 g/mol. The molecule has 0 aliphatic carbocycles. The van der Waals surface area contributed by atoms with Crippen LogP contribution in [0.5, 0.6) is 0 Å². The third-order valence-corrected chi connectivity index (χ3v) is 3.36. The number of likely N-dealkylation sites (N-methyl/N-ethyl adjacent to an activating group) is 1. The summed E-state index contributed by atoms with van der Waals surface area (Å²) >= 11 is 0. The maximum Gasteiger partial charge on any atom is 0.417 e. The summed E-state index contributed by atoms with van der Waals surface area (Å²) in [6, 6.07) is 9.80. The summed E-state index contributed by atoms with van der Waals surface area (Å²) in [7, 11) is 1.92. The summed E-state index contributed by atoms with van der Waals surface area (Å²) in [6.07, 6.45) is 3.57. The van der Waals surface area contributed by atoms with Gasteiger partial charge >= 0.3 is 5.76 Å². The highest BCUT2D eigenvalue weighted by Gasteiger charge is 2.14. The van der Waals surface area contributed by atoms with E-state index in [0.29, 0.717) is 5.58 Å². The van der Waals surface area contributed by atoms with Crippen molar-refractivity contribution in [3.8, 4) is 0 Å². The summed E-state index contributed by atoms with van der Waals surface area (Å²) in [4.78, 5) is 17.9. The Morgan fingerprint density at radius 3 is 2.80 bits per heavy atom. The Hall–Kier alpha value is -2.40. The van der Waals surface area contributed by atoms with Gasteiger partial charge in [-0.15, -0.1) is 0 Å². The van der Waals surface area contributed by atoms with Crippen LogP contribution in [0.2, 0.25) is 0 Å². The molecule has 0 amide bonds. The average Bonchev–Trinajstić information content (AvgIpc) is 2.84. The smallest absolute Gasteiger partial charge is 0.408 e. The maximum atomic E-state index is 11.2. The van der Waals surface area contributed by atoms with E-state index in [2.05, 4.69) is 15.3 Å². The highest BCUT2D eigenvalue weighted by molar-refractivity contribution is 5.73. The van der Waals surface area contributed by atoms with Crippen molar-refractivity contribution in [3.05, 3.63) is 64.4 Å². The maximum absolute atomic E-state index is 11.2. The molecule has 2 N–H and O–H groups in total. The first-order valence-corrected chi connectivity index (χ1v) is 6.45. The number of benzene rings is 1. The minimum atomic E-state index is -0.425. The zero-order valence-electron chi connectivity index (χ0n) is 11.1. The van der Waals surface area contributed by atoms with E-state index in [-0.39, 0.29) is 5.92 Å². The number of oxazole rings is 1. The number of nitrogens with one attached hydrogen (secondary N) is 2. The van der Waals surface area contributed by atoms with Crippen molar-refractivity contribution >= 4 is 11.1 Å². The molecule has 1 aromatic carbocycles. The molecule has 0 spiro atoms. The summed E-state index contributed by atoms with van der Waals surface area (Å²) in [5, 5.41) is 3.20. The van der Waals surface area contributed by atoms with Crippen molar-refractivity contribution < 1.29 is 4.42 Å². The van der Waals surface area contributed by atoms with Crippen LogP contribution in [0.25, 0.3) is 11.1 Å². The van der Waals surface area contributed by atoms with Gasteiger partial charge in [-0.3, -0.25) is 9.97 Å². The number of hydrogen-bond donors (Lipinski definition) is 2. The summed E-state index contributed by atoms with van der Waals surface area (Å²) in [5.41, 5.74) is 3.58. The number of pyridine rings is 1. The fourth-order valence-electron chi connectivity index (χ4n) is 2.41. The molecule has 2 heterocycles. The second kappa shape index (κ2) is 5.30. The molecule has 0 saturated heterocycles. The van der Waals surface area contributed by atoms with Gasteiger partial charge in [0.1, 0.15) is 0 Å². The molecule has 3 rings (SSSR count). The van der Waals surface area contributed by atoms with Gasteiger partial charge in [-0.2, -0.15) is 0 Å². The number of aromatic amines is 1. The standard InChI is InChI=1S/C15H15N3O2/c1-16-9-12(10-4-6-17-7-5-10)11-2-3-13-14(8-11)20-15(19)18-13/h2-8,12,16H,9H2,1H3,(H,18,19). The lowest BCUT2D eigenvalue weighted by atomic mass is 9.92. The van der Waals surface area contributed by atoms with Crippen molar-refractivity contribution in [1.82, 2.24) is 15.3 Å². The number of fused-ring (bicyclic) bond motifs is 1. The van der Waals surface area contributed by atoms with Crippen molar-refractivity contribution in [3.63, 3.8) is 0 Å². The molecule has 2 aromatic heterocycles. The van der Waals surface area contributed by atoms with Crippen molar-refractivity contribution in [2.24, 2.45) is 0 Å². The second-order valence-electron chi connectivity index (χ2n) is 4.66. The van der Waals surface area contributed by atoms with Crippen LogP contribution in [0, 0.1) is 0 Å². The number of hydrogen-bond acceptors (Lipinski definition) is 4. The SMILES string of the molecule is CNCC(c1ccncc1)c1ccc2[nH]c(=O)oc2c1. The molecule has 5 nitrogen and oxygen atoms in total. The second-order valence-corrected chi connectivity index (χ2v) is 4.66. The Morgan fingerprint density at radius 2 is 2.05 bits per heavy atom. The highest BCUT2D eigenvalue weighted by Crippen LogP contribution is 2.26. The fraction of sp³-hybridized carbons (Fsp3) is 0.200. The lowest BCUT2D eigenvalue weighted by Gasteiger charge is -2.17. The van der Waals surface area contributed by atoms with Gasteiger partial charge in [0.2, 0.25) is 0 Å². The molecule has 102 valence electrons. The monoisotopic (exact) mass is 269 g/mol. The quantitative estimate of drug-likeness (QED) is 0.758. The van der Waals surface area contributed by atoms with E-state index in [1.54, 1.807) is 12.4 Å². The molecular formula is C15H15N3O2. The van der Waals surface area contributed by atoms with Crippen LogP contribution < -0.4 is 11.1 Å². The van der Waals surface area contributed by atoms with Gasteiger partial charge in [-0.05, 0) is 42.4 Å². The van der Waals surface area contributed by atoms with E-state index >= 15 is 0 Å². The first kappa shape index (κ1) is 12.6. The number of H-pyrrole nitrogens is 1.